The Balaban J connectivity index is 1.67. The molecular formula is C23H23N3O. The predicted octanol–water partition coefficient (Wildman–Crippen LogP) is 6.33. The first-order valence-corrected chi connectivity index (χ1v) is 9.07. The molecular weight excluding hydrogens is 334 g/mol. The molecule has 0 fully saturated rings. The van der Waals surface area contributed by atoms with Gasteiger partial charge in [0.05, 0.1) is 11.4 Å². The van der Waals surface area contributed by atoms with E-state index in [9.17, 15) is 4.79 Å². The Morgan fingerprint density at radius 1 is 0.815 bits per heavy atom. The number of Topliss-reactive ketones (excluding diaryl/α,β-unsaturated/α-hetero) is 1. The summed E-state index contributed by atoms with van der Waals surface area (Å²) >= 11 is 0. The molecule has 0 amide bonds. The van der Waals surface area contributed by atoms with Crippen LogP contribution in [0.15, 0.2) is 89.1 Å². The smallest absolute Gasteiger partial charge is 0.159 e. The van der Waals surface area contributed by atoms with Crippen molar-refractivity contribution in [2.24, 2.45) is 10.2 Å². The van der Waals surface area contributed by atoms with Crippen molar-refractivity contribution in [3.63, 3.8) is 0 Å². The maximum atomic E-state index is 11.3. The molecule has 0 heterocycles. The van der Waals surface area contributed by atoms with Crippen LogP contribution >= 0.6 is 0 Å². The fraction of sp³-hybridized carbons (Fsp3) is 0.174. The third-order valence-electron chi connectivity index (χ3n) is 4.37. The summed E-state index contributed by atoms with van der Waals surface area (Å²) in [6.07, 6.45) is 0. The second-order valence-electron chi connectivity index (χ2n) is 6.32. The molecule has 0 aliphatic carbocycles. The molecule has 27 heavy (non-hydrogen) atoms. The Hall–Kier alpha value is -3.27. The summed E-state index contributed by atoms with van der Waals surface area (Å²) in [4.78, 5) is 13.6. The lowest BCUT2D eigenvalue weighted by atomic mass is 10.1. The number of carbonyl (C=O) groups excluding carboxylic acids is 1. The minimum absolute atomic E-state index is 0.0464. The van der Waals surface area contributed by atoms with Gasteiger partial charge in [-0.25, -0.2) is 0 Å². The number of ketones is 1. The fourth-order valence-corrected chi connectivity index (χ4v) is 2.80. The number of carbonyl (C=O) groups is 1. The van der Waals surface area contributed by atoms with E-state index in [-0.39, 0.29) is 5.78 Å². The van der Waals surface area contributed by atoms with Gasteiger partial charge < -0.3 is 4.90 Å². The summed E-state index contributed by atoms with van der Waals surface area (Å²) < 4.78 is 0. The highest BCUT2D eigenvalue weighted by Gasteiger charge is 2.05. The zero-order chi connectivity index (χ0) is 19.1. The van der Waals surface area contributed by atoms with Crippen LogP contribution < -0.4 is 4.90 Å². The van der Waals surface area contributed by atoms with E-state index in [1.165, 1.54) is 5.56 Å². The van der Waals surface area contributed by atoms with Gasteiger partial charge in [0.1, 0.15) is 0 Å². The minimum atomic E-state index is 0.0464. The normalized spacial score (nSPS) is 10.9. The topological polar surface area (TPSA) is 45.0 Å². The fourth-order valence-electron chi connectivity index (χ4n) is 2.80. The van der Waals surface area contributed by atoms with Crippen molar-refractivity contribution in [3.05, 3.63) is 90.0 Å². The van der Waals surface area contributed by atoms with Crippen molar-refractivity contribution in [2.75, 3.05) is 11.4 Å². The number of azo groups is 1. The summed E-state index contributed by atoms with van der Waals surface area (Å²) in [5, 5.41) is 8.52. The Labute approximate surface area is 160 Å². The SMILES string of the molecule is CCN(Cc1ccccc1)c1ccc(N=Nc2ccc(C(C)=O)cc2)cc1. The summed E-state index contributed by atoms with van der Waals surface area (Å²) in [6, 6.07) is 25.7. The maximum Gasteiger partial charge on any atom is 0.159 e. The first kappa shape index (κ1) is 18.5. The van der Waals surface area contributed by atoms with Crippen molar-refractivity contribution < 1.29 is 4.79 Å². The Bertz CT molecular complexity index is 901. The van der Waals surface area contributed by atoms with Gasteiger partial charge in [-0.15, -0.1) is 0 Å². The molecule has 0 aromatic heterocycles. The molecule has 0 saturated carbocycles. The molecule has 0 saturated heterocycles. The zero-order valence-electron chi connectivity index (χ0n) is 15.7. The molecule has 0 bridgehead atoms. The monoisotopic (exact) mass is 357 g/mol. The number of nitrogens with zero attached hydrogens (tertiary/aromatic N) is 3. The van der Waals surface area contributed by atoms with E-state index in [1.54, 1.807) is 31.2 Å². The summed E-state index contributed by atoms with van der Waals surface area (Å²) in [5.74, 6) is 0.0464. The van der Waals surface area contributed by atoms with Crippen molar-refractivity contribution in [1.82, 2.24) is 0 Å². The highest BCUT2D eigenvalue weighted by Crippen LogP contribution is 2.23. The molecule has 0 radical (unpaired) electrons. The van der Waals surface area contributed by atoms with E-state index < -0.39 is 0 Å². The van der Waals surface area contributed by atoms with E-state index in [4.69, 9.17) is 0 Å². The van der Waals surface area contributed by atoms with Crippen LogP contribution in [-0.4, -0.2) is 12.3 Å². The second kappa shape index (κ2) is 8.90. The first-order valence-electron chi connectivity index (χ1n) is 9.07. The van der Waals surface area contributed by atoms with E-state index in [1.807, 2.05) is 18.2 Å². The van der Waals surface area contributed by atoms with Gasteiger partial charge in [0, 0.05) is 24.3 Å². The van der Waals surface area contributed by atoms with Crippen molar-refractivity contribution in [3.8, 4) is 0 Å². The maximum absolute atomic E-state index is 11.3. The molecule has 3 aromatic rings. The first-order chi connectivity index (χ1) is 13.2. The van der Waals surface area contributed by atoms with Gasteiger partial charge in [0.25, 0.3) is 0 Å². The van der Waals surface area contributed by atoms with Crippen LogP contribution in [0, 0.1) is 0 Å². The third kappa shape index (κ3) is 5.11. The molecule has 0 aliphatic rings. The largest absolute Gasteiger partial charge is 0.367 e. The van der Waals surface area contributed by atoms with Gasteiger partial charge in [0.2, 0.25) is 0 Å². The number of anilines is 1. The lowest BCUT2D eigenvalue weighted by molar-refractivity contribution is 0.101. The van der Waals surface area contributed by atoms with E-state index >= 15 is 0 Å². The van der Waals surface area contributed by atoms with Crippen molar-refractivity contribution >= 4 is 22.8 Å². The van der Waals surface area contributed by atoms with Crippen LogP contribution in [0.4, 0.5) is 17.1 Å². The van der Waals surface area contributed by atoms with Gasteiger partial charge in [-0.05, 0) is 67.9 Å². The Kier molecular flexibility index (Phi) is 6.10. The van der Waals surface area contributed by atoms with Gasteiger partial charge in [-0.3, -0.25) is 4.79 Å². The van der Waals surface area contributed by atoms with Gasteiger partial charge in [-0.1, -0.05) is 30.3 Å². The second-order valence-corrected chi connectivity index (χ2v) is 6.32. The number of hydrogen-bond acceptors (Lipinski definition) is 4. The summed E-state index contributed by atoms with van der Waals surface area (Å²) in [5.41, 5.74) is 4.65. The zero-order valence-corrected chi connectivity index (χ0v) is 15.7. The molecule has 3 aromatic carbocycles. The average molecular weight is 357 g/mol. The third-order valence-corrected chi connectivity index (χ3v) is 4.37. The highest BCUT2D eigenvalue weighted by atomic mass is 16.1. The standard InChI is InChI=1S/C23H23N3O/c1-3-26(17-19-7-5-4-6-8-19)23-15-13-22(14-16-23)25-24-21-11-9-20(10-12-21)18(2)27/h4-16H,3,17H2,1-2H3. The van der Waals surface area contributed by atoms with Crippen molar-refractivity contribution in [1.29, 1.82) is 0 Å². The lowest BCUT2D eigenvalue weighted by Gasteiger charge is -2.23. The number of hydrogen-bond donors (Lipinski definition) is 0. The van der Waals surface area contributed by atoms with E-state index in [0.717, 1.165) is 30.2 Å². The molecule has 4 nitrogen and oxygen atoms in total. The number of rotatable bonds is 7. The quantitative estimate of drug-likeness (QED) is 0.366. The molecule has 0 atom stereocenters. The van der Waals surface area contributed by atoms with Crippen LogP contribution in [0.3, 0.4) is 0 Å². The Morgan fingerprint density at radius 2 is 1.37 bits per heavy atom. The van der Waals surface area contributed by atoms with Crippen LogP contribution in [0.2, 0.25) is 0 Å². The van der Waals surface area contributed by atoms with E-state index in [0.29, 0.717) is 5.56 Å². The van der Waals surface area contributed by atoms with E-state index in [2.05, 4.69) is 58.5 Å². The molecule has 4 heteroatoms. The van der Waals surface area contributed by atoms with Crippen LogP contribution in [-0.2, 0) is 6.54 Å². The van der Waals surface area contributed by atoms with Crippen LogP contribution in [0.1, 0.15) is 29.8 Å². The van der Waals surface area contributed by atoms with Crippen LogP contribution in [0.5, 0.6) is 0 Å². The molecule has 3 rings (SSSR count). The Morgan fingerprint density at radius 3 is 1.89 bits per heavy atom. The lowest BCUT2D eigenvalue weighted by Crippen LogP contribution is -2.21. The van der Waals surface area contributed by atoms with Crippen molar-refractivity contribution in [2.45, 2.75) is 20.4 Å². The molecule has 0 aliphatic heterocycles. The molecule has 0 spiro atoms. The minimum Gasteiger partial charge on any atom is -0.367 e. The predicted molar refractivity (Wildman–Crippen MR) is 110 cm³/mol. The van der Waals surface area contributed by atoms with Gasteiger partial charge in [-0.2, -0.15) is 10.2 Å². The van der Waals surface area contributed by atoms with Gasteiger partial charge >= 0.3 is 0 Å². The molecule has 136 valence electrons. The molecule has 0 N–H and O–H groups in total. The average Bonchev–Trinajstić information content (AvgIpc) is 2.72. The van der Waals surface area contributed by atoms with Gasteiger partial charge in [0.15, 0.2) is 5.78 Å². The highest BCUT2D eigenvalue weighted by molar-refractivity contribution is 5.94. The number of benzene rings is 3. The summed E-state index contributed by atoms with van der Waals surface area (Å²) in [6.45, 7) is 5.51. The molecule has 0 unspecified atom stereocenters. The van der Waals surface area contributed by atoms with Crippen LogP contribution in [0.25, 0.3) is 0 Å². The summed E-state index contributed by atoms with van der Waals surface area (Å²) in [7, 11) is 0.